The van der Waals surface area contributed by atoms with Gasteiger partial charge in [-0.2, -0.15) is 5.10 Å². The Bertz CT molecular complexity index is 540. The molecule has 0 radical (unpaired) electrons. The molecule has 0 atom stereocenters. The molecule has 17 heavy (non-hydrogen) atoms. The van der Waals surface area contributed by atoms with Crippen molar-refractivity contribution in [3.63, 3.8) is 0 Å². The minimum atomic E-state index is 0.693. The van der Waals surface area contributed by atoms with Gasteiger partial charge in [-0.3, -0.25) is 4.68 Å². The summed E-state index contributed by atoms with van der Waals surface area (Å²) in [7, 11) is 5.93. The van der Waals surface area contributed by atoms with Gasteiger partial charge in [0, 0.05) is 32.4 Å². The molecule has 2 aromatic rings. The summed E-state index contributed by atoms with van der Waals surface area (Å²) >= 11 is 0. The molecule has 0 aliphatic carbocycles. The number of nitrogen functional groups attached to an aromatic ring is 1. The highest BCUT2D eigenvalue weighted by Gasteiger charge is 2.09. The summed E-state index contributed by atoms with van der Waals surface area (Å²) < 4.78 is 1.69. The highest BCUT2D eigenvalue weighted by atomic mass is 15.3. The van der Waals surface area contributed by atoms with Gasteiger partial charge in [-0.05, 0) is 24.1 Å². The highest BCUT2D eigenvalue weighted by molar-refractivity contribution is 5.77. The molecule has 2 N–H and O–H groups in total. The fraction of sp³-hybridized carbons (Fsp3) is 0.308. The molecule has 0 aliphatic rings. The molecule has 4 nitrogen and oxygen atoms in total. The van der Waals surface area contributed by atoms with Crippen molar-refractivity contribution >= 4 is 11.5 Å². The largest absolute Gasteiger partial charge is 0.383 e. The minimum Gasteiger partial charge on any atom is -0.383 e. The van der Waals surface area contributed by atoms with Gasteiger partial charge in [0.2, 0.25) is 0 Å². The maximum atomic E-state index is 5.99. The molecule has 0 fully saturated rings. The monoisotopic (exact) mass is 230 g/mol. The Labute approximate surface area is 102 Å². The van der Waals surface area contributed by atoms with E-state index in [1.54, 1.807) is 10.9 Å². The molecular formula is C13H18N4. The van der Waals surface area contributed by atoms with E-state index in [0.29, 0.717) is 5.82 Å². The van der Waals surface area contributed by atoms with E-state index in [2.05, 4.69) is 35.1 Å². The van der Waals surface area contributed by atoms with Gasteiger partial charge in [-0.1, -0.05) is 12.1 Å². The van der Waals surface area contributed by atoms with E-state index >= 15 is 0 Å². The third-order valence-corrected chi connectivity index (χ3v) is 2.99. The molecule has 1 heterocycles. The molecule has 0 unspecified atom stereocenters. The van der Waals surface area contributed by atoms with Crippen molar-refractivity contribution < 1.29 is 0 Å². The van der Waals surface area contributed by atoms with Crippen molar-refractivity contribution in [1.82, 2.24) is 9.78 Å². The van der Waals surface area contributed by atoms with Crippen LogP contribution in [0.5, 0.6) is 0 Å². The molecule has 0 bridgehead atoms. The molecule has 4 heteroatoms. The lowest BCUT2D eigenvalue weighted by molar-refractivity contribution is 0.779. The standard InChI is InChI=1S/C13H18N4/c1-9-5-6-10(7-12(9)16(2)3)11-8-15-17(4)13(11)14/h5-8H,14H2,1-4H3. The first kappa shape index (κ1) is 11.5. The lowest BCUT2D eigenvalue weighted by Gasteiger charge is -2.16. The van der Waals surface area contributed by atoms with Crippen LogP contribution in [0.3, 0.4) is 0 Å². The molecule has 0 saturated heterocycles. The first-order valence-corrected chi connectivity index (χ1v) is 5.56. The Morgan fingerprint density at radius 1 is 1.29 bits per heavy atom. The Balaban J connectivity index is 2.54. The van der Waals surface area contributed by atoms with Crippen LogP contribution < -0.4 is 10.6 Å². The number of hydrogen-bond acceptors (Lipinski definition) is 3. The highest BCUT2D eigenvalue weighted by Crippen LogP contribution is 2.29. The number of nitrogens with zero attached hydrogens (tertiary/aromatic N) is 3. The molecule has 0 amide bonds. The lowest BCUT2D eigenvalue weighted by Crippen LogP contribution is -2.10. The lowest BCUT2D eigenvalue weighted by atomic mass is 10.0. The van der Waals surface area contributed by atoms with Gasteiger partial charge in [0.15, 0.2) is 0 Å². The summed E-state index contributed by atoms with van der Waals surface area (Å²) in [5.74, 6) is 0.693. The molecule has 0 saturated carbocycles. The topological polar surface area (TPSA) is 47.1 Å². The SMILES string of the molecule is Cc1ccc(-c2cnn(C)c2N)cc1N(C)C. The van der Waals surface area contributed by atoms with Crippen LogP contribution in [0.15, 0.2) is 24.4 Å². The smallest absolute Gasteiger partial charge is 0.129 e. The number of aryl methyl sites for hydroxylation is 2. The molecule has 1 aromatic heterocycles. The van der Waals surface area contributed by atoms with Crippen LogP contribution in [0, 0.1) is 6.92 Å². The van der Waals surface area contributed by atoms with Gasteiger partial charge in [0.25, 0.3) is 0 Å². The third kappa shape index (κ3) is 1.98. The van der Waals surface area contributed by atoms with Gasteiger partial charge in [0.05, 0.1) is 6.20 Å². The normalized spacial score (nSPS) is 10.6. The van der Waals surface area contributed by atoms with Gasteiger partial charge in [0.1, 0.15) is 5.82 Å². The quantitative estimate of drug-likeness (QED) is 0.858. The van der Waals surface area contributed by atoms with Crippen LogP contribution in [0.25, 0.3) is 11.1 Å². The first-order valence-electron chi connectivity index (χ1n) is 5.56. The second-order valence-corrected chi connectivity index (χ2v) is 4.46. The Kier molecular flexibility index (Phi) is 2.79. The Morgan fingerprint density at radius 2 is 2.00 bits per heavy atom. The molecule has 0 aliphatic heterocycles. The van der Waals surface area contributed by atoms with Crippen LogP contribution in [-0.2, 0) is 7.05 Å². The number of nitrogens with two attached hydrogens (primary N) is 1. The van der Waals surface area contributed by atoms with E-state index in [1.165, 1.54) is 11.3 Å². The Morgan fingerprint density at radius 3 is 2.53 bits per heavy atom. The minimum absolute atomic E-state index is 0.693. The number of anilines is 2. The van der Waals surface area contributed by atoms with Crippen molar-refractivity contribution in [2.45, 2.75) is 6.92 Å². The zero-order valence-electron chi connectivity index (χ0n) is 10.7. The number of hydrogen-bond donors (Lipinski definition) is 1. The van der Waals surface area contributed by atoms with Crippen LogP contribution >= 0.6 is 0 Å². The summed E-state index contributed by atoms with van der Waals surface area (Å²) in [5.41, 5.74) is 10.5. The molecule has 0 spiro atoms. The fourth-order valence-corrected chi connectivity index (χ4v) is 1.93. The van der Waals surface area contributed by atoms with Crippen LogP contribution in [0.2, 0.25) is 0 Å². The third-order valence-electron chi connectivity index (χ3n) is 2.99. The molecule has 90 valence electrons. The maximum Gasteiger partial charge on any atom is 0.129 e. The second kappa shape index (κ2) is 4.13. The van der Waals surface area contributed by atoms with Gasteiger partial charge in [-0.25, -0.2) is 0 Å². The van der Waals surface area contributed by atoms with Gasteiger partial charge < -0.3 is 10.6 Å². The molecular weight excluding hydrogens is 212 g/mol. The van der Waals surface area contributed by atoms with Crippen molar-refractivity contribution in [2.24, 2.45) is 7.05 Å². The van der Waals surface area contributed by atoms with E-state index in [-0.39, 0.29) is 0 Å². The Hall–Kier alpha value is -1.97. The van der Waals surface area contributed by atoms with Crippen molar-refractivity contribution in [3.05, 3.63) is 30.0 Å². The average molecular weight is 230 g/mol. The average Bonchev–Trinajstić information content (AvgIpc) is 2.60. The summed E-state index contributed by atoms with van der Waals surface area (Å²) in [5, 5.41) is 4.17. The maximum absolute atomic E-state index is 5.99. The zero-order chi connectivity index (χ0) is 12.6. The summed E-state index contributed by atoms with van der Waals surface area (Å²) in [6.45, 7) is 2.10. The number of rotatable bonds is 2. The summed E-state index contributed by atoms with van der Waals surface area (Å²) in [6.07, 6.45) is 1.80. The van der Waals surface area contributed by atoms with Crippen LogP contribution in [-0.4, -0.2) is 23.9 Å². The van der Waals surface area contributed by atoms with E-state index in [0.717, 1.165) is 11.1 Å². The van der Waals surface area contributed by atoms with Crippen LogP contribution in [0.4, 0.5) is 11.5 Å². The van der Waals surface area contributed by atoms with Gasteiger partial charge >= 0.3 is 0 Å². The number of benzene rings is 1. The first-order chi connectivity index (χ1) is 8.00. The zero-order valence-corrected chi connectivity index (χ0v) is 10.7. The van der Waals surface area contributed by atoms with Crippen molar-refractivity contribution in [2.75, 3.05) is 24.7 Å². The van der Waals surface area contributed by atoms with Crippen molar-refractivity contribution in [3.8, 4) is 11.1 Å². The van der Waals surface area contributed by atoms with Crippen molar-refractivity contribution in [1.29, 1.82) is 0 Å². The molecule has 2 rings (SSSR count). The second-order valence-electron chi connectivity index (χ2n) is 4.46. The van der Waals surface area contributed by atoms with Gasteiger partial charge in [-0.15, -0.1) is 0 Å². The predicted octanol–water partition coefficient (Wildman–Crippen LogP) is 2.04. The summed E-state index contributed by atoms with van der Waals surface area (Å²) in [4.78, 5) is 2.10. The van der Waals surface area contributed by atoms with Crippen LogP contribution in [0.1, 0.15) is 5.56 Å². The van der Waals surface area contributed by atoms with E-state index in [9.17, 15) is 0 Å². The summed E-state index contributed by atoms with van der Waals surface area (Å²) in [6, 6.07) is 6.33. The fourth-order valence-electron chi connectivity index (χ4n) is 1.93. The van der Waals surface area contributed by atoms with E-state index in [4.69, 9.17) is 5.73 Å². The van der Waals surface area contributed by atoms with E-state index in [1.807, 2.05) is 21.1 Å². The molecule has 1 aromatic carbocycles. The predicted molar refractivity (Wildman–Crippen MR) is 72.1 cm³/mol. The van der Waals surface area contributed by atoms with E-state index < -0.39 is 0 Å². The number of aromatic nitrogens is 2.